The van der Waals surface area contributed by atoms with Crippen LogP contribution in [0.1, 0.15) is 40.3 Å². The summed E-state index contributed by atoms with van der Waals surface area (Å²) in [6, 6.07) is 6.59. The van der Waals surface area contributed by atoms with Crippen molar-refractivity contribution in [2.75, 3.05) is 6.54 Å². The second-order valence-electron chi connectivity index (χ2n) is 5.65. The zero-order valence-electron chi connectivity index (χ0n) is 12.5. The van der Waals surface area contributed by atoms with E-state index < -0.39 is 0 Å². The summed E-state index contributed by atoms with van der Waals surface area (Å²) in [7, 11) is 0. The zero-order valence-corrected chi connectivity index (χ0v) is 14.2. The van der Waals surface area contributed by atoms with Gasteiger partial charge in [0.15, 0.2) is 0 Å². The third-order valence-electron chi connectivity index (χ3n) is 4.31. The van der Waals surface area contributed by atoms with Crippen molar-refractivity contribution < 1.29 is 9.18 Å². The van der Waals surface area contributed by atoms with E-state index in [0.717, 1.165) is 29.8 Å². The van der Waals surface area contributed by atoms with Gasteiger partial charge in [0.1, 0.15) is 16.5 Å². The van der Waals surface area contributed by atoms with Crippen LogP contribution in [0.15, 0.2) is 29.6 Å². The van der Waals surface area contributed by atoms with Gasteiger partial charge in [-0.25, -0.2) is 9.37 Å². The Morgan fingerprint density at radius 3 is 2.57 bits per heavy atom. The number of hydrogen-bond donors (Lipinski definition) is 2. The molecule has 0 atom stereocenters. The van der Waals surface area contributed by atoms with Crippen LogP contribution in [0, 0.1) is 5.82 Å². The minimum absolute atomic E-state index is 0. The maximum absolute atomic E-state index is 13.1. The molecule has 0 unspecified atom stereocenters. The van der Waals surface area contributed by atoms with E-state index in [4.69, 9.17) is 5.73 Å². The summed E-state index contributed by atoms with van der Waals surface area (Å²) in [6.45, 7) is 0.893. The number of nitrogens with zero attached hydrogens (tertiary/aromatic N) is 1. The van der Waals surface area contributed by atoms with Crippen molar-refractivity contribution in [2.24, 2.45) is 5.73 Å². The molecule has 2 aromatic rings. The highest BCUT2D eigenvalue weighted by molar-refractivity contribution is 7.09. The van der Waals surface area contributed by atoms with Crippen molar-refractivity contribution in [2.45, 2.75) is 31.2 Å². The Labute approximate surface area is 144 Å². The van der Waals surface area contributed by atoms with E-state index in [1.165, 1.54) is 23.5 Å². The van der Waals surface area contributed by atoms with E-state index in [-0.39, 0.29) is 29.5 Å². The van der Waals surface area contributed by atoms with Crippen LogP contribution in [-0.2, 0) is 12.0 Å². The molecule has 1 aromatic carbocycles. The van der Waals surface area contributed by atoms with E-state index in [9.17, 15) is 9.18 Å². The average Bonchev–Trinajstić information content (AvgIpc) is 2.96. The maximum Gasteiger partial charge on any atom is 0.270 e. The van der Waals surface area contributed by atoms with Crippen LogP contribution < -0.4 is 11.1 Å². The number of rotatable bonds is 5. The predicted molar refractivity (Wildman–Crippen MR) is 91.5 cm³/mol. The number of benzene rings is 1. The normalized spacial score (nSPS) is 15.4. The van der Waals surface area contributed by atoms with Crippen molar-refractivity contribution >= 4 is 29.7 Å². The van der Waals surface area contributed by atoms with Crippen LogP contribution in [-0.4, -0.2) is 17.4 Å². The highest BCUT2D eigenvalue weighted by Gasteiger charge is 2.39. The van der Waals surface area contributed by atoms with Gasteiger partial charge in [0.25, 0.3) is 5.91 Å². The van der Waals surface area contributed by atoms with Gasteiger partial charge in [-0.1, -0.05) is 18.6 Å². The average molecular weight is 356 g/mol. The molecular formula is C16H19ClFN3OS. The molecule has 1 fully saturated rings. The summed E-state index contributed by atoms with van der Waals surface area (Å²) in [6.07, 6.45) is 3.13. The molecular weight excluding hydrogens is 337 g/mol. The molecule has 3 rings (SSSR count). The molecule has 1 saturated carbocycles. The van der Waals surface area contributed by atoms with Crippen molar-refractivity contribution in [3.63, 3.8) is 0 Å². The van der Waals surface area contributed by atoms with Gasteiger partial charge in [-0.2, -0.15) is 0 Å². The van der Waals surface area contributed by atoms with Gasteiger partial charge in [0.05, 0.1) is 0 Å². The lowest BCUT2D eigenvalue weighted by Crippen LogP contribution is -2.45. The molecule has 0 spiro atoms. The number of nitrogens with two attached hydrogens (primary N) is 1. The summed E-state index contributed by atoms with van der Waals surface area (Å²) in [5.74, 6) is -0.414. The number of carbonyl (C=O) groups excluding carboxylic acids is 1. The van der Waals surface area contributed by atoms with Gasteiger partial charge in [-0.3, -0.25) is 4.79 Å². The number of thiazole rings is 1. The first-order chi connectivity index (χ1) is 10.6. The minimum Gasteiger partial charge on any atom is -0.350 e. The van der Waals surface area contributed by atoms with E-state index in [1.807, 2.05) is 12.1 Å². The highest BCUT2D eigenvalue weighted by Crippen LogP contribution is 2.43. The van der Waals surface area contributed by atoms with Gasteiger partial charge >= 0.3 is 0 Å². The third-order valence-corrected chi connectivity index (χ3v) is 5.18. The Balaban J connectivity index is 0.00000192. The second kappa shape index (κ2) is 7.38. The molecule has 3 N–H and O–H groups in total. The first kappa shape index (κ1) is 17.8. The van der Waals surface area contributed by atoms with Crippen LogP contribution in [0.2, 0.25) is 0 Å². The summed E-state index contributed by atoms with van der Waals surface area (Å²) in [4.78, 5) is 16.4. The highest BCUT2D eigenvalue weighted by atomic mass is 35.5. The molecule has 0 radical (unpaired) electrons. The molecule has 4 nitrogen and oxygen atoms in total. The lowest BCUT2D eigenvalue weighted by Gasteiger charge is -2.42. The van der Waals surface area contributed by atoms with Crippen molar-refractivity contribution in [1.82, 2.24) is 10.3 Å². The third kappa shape index (κ3) is 3.71. The fraction of sp³-hybridized carbons (Fsp3) is 0.375. The Hall–Kier alpha value is -1.50. The monoisotopic (exact) mass is 355 g/mol. The second-order valence-corrected chi connectivity index (χ2v) is 6.60. The van der Waals surface area contributed by atoms with Gasteiger partial charge in [0, 0.05) is 23.9 Å². The number of halogens is 2. The molecule has 1 aromatic heterocycles. The number of amides is 1. The summed E-state index contributed by atoms with van der Waals surface area (Å²) >= 11 is 1.39. The number of carbonyl (C=O) groups is 1. The Morgan fingerprint density at radius 2 is 2.04 bits per heavy atom. The zero-order chi connectivity index (χ0) is 15.6. The first-order valence-electron chi connectivity index (χ1n) is 7.32. The van der Waals surface area contributed by atoms with Crippen molar-refractivity contribution in [3.05, 3.63) is 51.7 Å². The Bertz CT molecular complexity index is 670. The maximum atomic E-state index is 13.1. The largest absolute Gasteiger partial charge is 0.350 e. The van der Waals surface area contributed by atoms with E-state index >= 15 is 0 Å². The fourth-order valence-corrected chi connectivity index (χ4v) is 3.48. The van der Waals surface area contributed by atoms with Crippen LogP contribution >= 0.6 is 23.7 Å². The lowest BCUT2D eigenvalue weighted by molar-refractivity contribution is 0.0923. The van der Waals surface area contributed by atoms with E-state index in [2.05, 4.69) is 10.3 Å². The van der Waals surface area contributed by atoms with Crippen LogP contribution in [0.25, 0.3) is 0 Å². The SMILES string of the molecule is Cl.NCc1nc(C(=O)NCC2(c3ccc(F)cc3)CCC2)cs1. The summed E-state index contributed by atoms with van der Waals surface area (Å²) < 4.78 is 13.1. The van der Waals surface area contributed by atoms with Gasteiger partial charge in [-0.15, -0.1) is 23.7 Å². The molecule has 0 saturated heterocycles. The fourth-order valence-electron chi connectivity index (χ4n) is 2.82. The van der Waals surface area contributed by atoms with E-state index in [1.54, 1.807) is 5.38 Å². The standard InChI is InChI=1S/C16H18FN3OS.ClH/c17-12-4-2-11(3-5-12)16(6-1-7-16)10-19-15(21)13-9-22-14(8-18)20-13;/h2-5,9H,1,6-8,10,18H2,(H,19,21);1H. The van der Waals surface area contributed by atoms with Gasteiger partial charge in [0.2, 0.25) is 0 Å². The van der Waals surface area contributed by atoms with Crippen molar-refractivity contribution in [3.8, 4) is 0 Å². The quantitative estimate of drug-likeness (QED) is 0.866. The van der Waals surface area contributed by atoms with E-state index in [0.29, 0.717) is 18.8 Å². The van der Waals surface area contributed by atoms with Crippen LogP contribution in [0.3, 0.4) is 0 Å². The molecule has 0 aliphatic heterocycles. The molecule has 124 valence electrons. The number of nitrogens with one attached hydrogen (secondary N) is 1. The first-order valence-corrected chi connectivity index (χ1v) is 8.20. The van der Waals surface area contributed by atoms with Crippen LogP contribution in [0.4, 0.5) is 4.39 Å². The Morgan fingerprint density at radius 1 is 1.35 bits per heavy atom. The summed E-state index contributed by atoms with van der Waals surface area (Å²) in [5, 5.41) is 5.44. The minimum atomic E-state index is -0.237. The lowest BCUT2D eigenvalue weighted by atomic mass is 9.64. The number of hydrogen-bond acceptors (Lipinski definition) is 4. The smallest absolute Gasteiger partial charge is 0.270 e. The molecule has 7 heteroatoms. The molecule has 1 heterocycles. The molecule has 1 amide bonds. The number of aromatic nitrogens is 1. The molecule has 0 bridgehead atoms. The molecule has 1 aliphatic rings. The predicted octanol–water partition coefficient (Wildman–Crippen LogP) is 3.01. The van der Waals surface area contributed by atoms with Gasteiger partial charge in [-0.05, 0) is 30.5 Å². The van der Waals surface area contributed by atoms with Crippen molar-refractivity contribution in [1.29, 1.82) is 0 Å². The molecule has 23 heavy (non-hydrogen) atoms. The molecule has 1 aliphatic carbocycles. The Kier molecular flexibility index (Phi) is 5.73. The topological polar surface area (TPSA) is 68.0 Å². The van der Waals surface area contributed by atoms with Gasteiger partial charge < -0.3 is 11.1 Å². The van der Waals surface area contributed by atoms with Crippen LogP contribution in [0.5, 0.6) is 0 Å². The summed E-state index contributed by atoms with van der Waals surface area (Å²) in [5.41, 5.74) is 6.94.